The molecule has 2 aromatic heterocycles. The second kappa shape index (κ2) is 6.80. The number of amides is 1. The number of rotatable bonds is 5. The fraction of sp³-hybridized carbons (Fsp3) is 0.273. The van der Waals surface area contributed by atoms with Crippen molar-refractivity contribution in [1.82, 2.24) is 15.3 Å². The average Bonchev–Trinajstić information content (AvgIpc) is 2.64. The van der Waals surface area contributed by atoms with Gasteiger partial charge < -0.3 is 10.4 Å². The molecule has 142 valence electrons. The quantitative estimate of drug-likeness (QED) is 0.669. The van der Waals surface area contributed by atoms with Crippen LogP contribution in [0.5, 0.6) is 0 Å². The second-order valence-electron chi connectivity index (χ2n) is 7.68. The minimum Gasteiger partial charge on any atom is -0.390 e. The van der Waals surface area contributed by atoms with Gasteiger partial charge in [0.15, 0.2) is 0 Å². The van der Waals surface area contributed by atoms with Crippen LogP contribution in [0.3, 0.4) is 0 Å². The maximum Gasteiger partial charge on any atom is 0.222 e. The monoisotopic (exact) mass is 375 g/mol. The number of aliphatic hydroxyl groups is 1. The highest BCUT2D eigenvalue weighted by Crippen LogP contribution is 2.35. The van der Waals surface area contributed by atoms with Crippen molar-refractivity contribution < 1.29 is 14.7 Å². The summed E-state index contributed by atoms with van der Waals surface area (Å²) in [5.74, 6) is -0.373. The fourth-order valence-corrected chi connectivity index (χ4v) is 3.60. The highest BCUT2D eigenvalue weighted by Gasteiger charge is 2.24. The minimum atomic E-state index is -1.05. The Morgan fingerprint density at radius 2 is 1.93 bits per heavy atom. The van der Waals surface area contributed by atoms with Gasteiger partial charge in [0.1, 0.15) is 5.69 Å². The SMILES string of the molecule is CC(C)(O)CC(=O)NCCC1=CC(=O)c2nccc3c2c1nc1ccccc13. The lowest BCUT2D eigenvalue weighted by atomic mass is 9.91. The van der Waals surface area contributed by atoms with Gasteiger partial charge in [-0.05, 0) is 49.4 Å². The first-order chi connectivity index (χ1) is 13.3. The summed E-state index contributed by atoms with van der Waals surface area (Å²) in [6, 6.07) is 9.73. The summed E-state index contributed by atoms with van der Waals surface area (Å²) in [5.41, 5.74) is 1.74. The Labute approximate surface area is 162 Å². The van der Waals surface area contributed by atoms with Crippen molar-refractivity contribution in [3.63, 3.8) is 0 Å². The van der Waals surface area contributed by atoms with Gasteiger partial charge in [-0.25, -0.2) is 4.98 Å². The molecule has 0 spiro atoms. The third-order valence-electron chi connectivity index (χ3n) is 4.77. The highest BCUT2D eigenvalue weighted by atomic mass is 16.3. The summed E-state index contributed by atoms with van der Waals surface area (Å²) in [7, 11) is 0. The lowest BCUT2D eigenvalue weighted by Gasteiger charge is -2.19. The first kappa shape index (κ1) is 18.3. The predicted octanol–water partition coefficient (Wildman–Crippen LogP) is 3.03. The van der Waals surface area contributed by atoms with E-state index in [2.05, 4.69) is 10.3 Å². The Morgan fingerprint density at radius 3 is 2.71 bits per heavy atom. The first-order valence-corrected chi connectivity index (χ1v) is 9.25. The fourth-order valence-electron chi connectivity index (χ4n) is 3.60. The van der Waals surface area contributed by atoms with E-state index in [1.54, 1.807) is 26.1 Å². The van der Waals surface area contributed by atoms with Crippen molar-refractivity contribution in [2.75, 3.05) is 6.54 Å². The molecular weight excluding hydrogens is 354 g/mol. The van der Waals surface area contributed by atoms with Gasteiger partial charge in [0.25, 0.3) is 0 Å². The first-order valence-electron chi connectivity index (χ1n) is 9.25. The number of carbonyl (C=O) groups excluding carboxylic acids is 2. The molecule has 1 aliphatic carbocycles. The Balaban J connectivity index is 1.68. The van der Waals surface area contributed by atoms with Crippen LogP contribution in [-0.2, 0) is 4.79 Å². The van der Waals surface area contributed by atoms with E-state index in [4.69, 9.17) is 4.98 Å². The van der Waals surface area contributed by atoms with E-state index >= 15 is 0 Å². The van der Waals surface area contributed by atoms with Crippen molar-refractivity contribution in [1.29, 1.82) is 0 Å². The van der Waals surface area contributed by atoms with Crippen molar-refractivity contribution >= 4 is 38.9 Å². The molecule has 1 aromatic carbocycles. The van der Waals surface area contributed by atoms with Crippen molar-refractivity contribution in [3.05, 3.63) is 54.0 Å². The second-order valence-corrected chi connectivity index (χ2v) is 7.68. The molecule has 0 atom stereocenters. The third-order valence-corrected chi connectivity index (χ3v) is 4.77. The van der Waals surface area contributed by atoms with Crippen LogP contribution >= 0.6 is 0 Å². The Hall–Kier alpha value is -3.12. The van der Waals surface area contributed by atoms with Gasteiger partial charge in [0, 0.05) is 23.5 Å². The molecule has 0 saturated heterocycles. The number of para-hydroxylation sites is 1. The zero-order chi connectivity index (χ0) is 19.9. The van der Waals surface area contributed by atoms with Crippen LogP contribution in [-0.4, -0.2) is 38.9 Å². The molecule has 6 heteroatoms. The molecule has 3 aromatic rings. The van der Waals surface area contributed by atoms with Crippen molar-refractivity contribution in [2.24, 2.45) is 0 Å². The van der Waals surface area contributed by atoms with Crippen LogP contribution in [0.2, 0.25) is 0 Å². The standard InChI is InChI=1S/C22H21N3O3/c1-22(2,28)12-18(27)23-9-7-13-11-17(26)21-19-15(8-10-24-21)14-5-3-4-6-16(14)25-20(13)19/h3-6,8,10-11,28H,7,9,12H2,1-2H3,(H,23,27). The molecular formula is C22H21N3O3. The average molecular weight is 375 g/mol. The zero-order valence-electron chi connectivity index (χ0n) is 15.8. The molecule has 28 heavy (non-hydrogen) atoms. The molecule has 2 heterocycles. The molecule has 4 rings (SSSR count). The molecule has 6 nitrogen and oxygen atoms in total. The summed E-state index contributed by atoms with van der Waals surface area (Å²) in [6.45, 7) is 3.54. The van der Waals surface area contributed by atoms with E-state index in [1.807, 2.05) is 30.3 Å². The van der Waals surface area contributed by atoms with E-state index < -0.39 is 5.60 Å². The van der Waals surface area contributed by atoms with Crippen LogP contribution < -0.4 is 5.32 Å². The number of benzene rings is 1. The molecule has 0 saturated carbocycles. The predicted molar refractivity (Wildman–Crippen MR) is 108 cm³/mol. The summed E-state index contributed by atoms with van der Waals surface area (Å²) < 4.78 is 0. The number of hydrogen-bond donors (Lipinski definition) is 2. The lowest BCUT2D eigenvalue weighted by Crippen LogP contribution is -2.32. The highest BCUT2D eigenvalue weighted by molar-refractivity contribution is 6.23. The number of fused-ring (bicyclic) bond motifs is 2. The van der Waals surface area contributed by atoms with Gasteiger partial charge in [-0.2, -0.15) is 0 Å². The van der Waals surface area contributed by atoms with Crippen molar-refractivity contribution in [2.45, 2.75) is 32.3 Å². The molecule has 0 unspecified atom stereocenters. The van der Waals surface area contributed by atoms with Crippen molar-refractivity contribution in [3.8, 4) is 0 Å². The summed E-state index contributed by atoms with van der Waals surface area (Å²) >= 11 is 0. The molecule has 0 fully saturated rings. The number of aromatic nitrogens is 2. The number of allylic oxidation sites excluding steroid dienone is 1. The Kier molecular flexibility index (Phi) is 4.43. The zero-order valence-corrected chi connectivity index (χ0v) is 15.8. The van der Waals surface area contributed by atoms with Crippen LogP contribution in [0.15, 0.2) is 42.6 Å². The van der Waals surface area contributed by atoms with Gasteiger partial charge in [-0.1, -0.05) is 18.2 Å². The van der Waals surface area contributed by atoms with Gasteiger partial charge in [0.05, 0.1) is 23.2 Å². The molecule has 1 aliphatic rings. The maximum atomic E-state index is 12.6. The molecule has 0 bridgehead atoms. The number of nitrogens with one attached hydrogen (secondary N) is 1. The van der Waals surface area contributed by atoms with Gasteiger partial charge in [-0.3, -0.25) is 14.6 Å². The molecule has 1 amide bonds. The molecule has 2 N–H and O–H groups in total. The summed E-state index contributed by atoms with van der Waals surface area (Å²) in [4.78, 5) is 33.6. The van der Waals surface area contributed by atoms with E-state index in [9.17, 15) is 14.7 Å². The lowest BCUT2D eigenvalue weighted by molar-refractivity contribution is -0.124. The number of carbonyl (C=O) groups is 2. The largest absolute Gasteiger partial charge is 0.390 e. The molecule has 0 aliphatic heterocycles. The maximum absolute atomic E-state index is 12.6. The molecule has 0 radical (unpaired) electrons. The minimum absolute atomic E-state index is 0.0240. The smallest absolute Gasteiger partial charge is 0.222 e. The van der Waals surface area contributed by atoms with Crippen LogP contribution in [0.4, 0.5) is 0 Å². The van der Waals surface area contributed by atoms with Gasteiger partial charge in [0.2, 0.25) is 11.7 Å². The summed E-state index contributed by atoms with van der Waals surface area (Å²) in [6.07, 6.45) is 3.71. The van der Waals surface area contributed by atoms with Gasteiger partial charge in [-0.15, -0.1) is 0 Å². The topological polar surface area (TPSA) is 92.2 Å². The van der Waals surface area contributed by atoms with E-state index in [0.29, 0.717) is 18.7 Å². The number of ketones is 1. The van der Waals surface area contributed by atoms with E-state index in [1.165, 1.54) is 0 Å². The van der Waals surface area contributed by atoms with Crippen LogP contribution in [0.25, 0.3) is 27.2 Å². The van der Waals surface area contributed by atoms with E-state index in [0.717, 1.165) is 32.9 Å². The van der Waals surface area contributed by atoms with Gasteiger partial charge >= 0.3 is 0 Å². The number of nitrogens with zero attached hydrogens (tertiary/aromatic N) is 2. The Morgan fingerprint density at radius 1 is 1.14 bits per heavy atom. The number of hydrogen-bond acceptors (Lipinski definition) is 5. The van der Waals surface area contributed by atoms with E-state index in [-0.39, 0.29) is 18.1 Å². The normalized spacial score (nSPS) is 13.7. The third kappa shape index (κ3) is 3.39. The number of pyridine rings is 2. The summed E-state index contributed by atoms with van der Waals surface area (Å²) in [5, 5.41) is 15.3. The Bertz CT molecular complexity index is 1140. The van der Waals surface area contributed by atoms with Crippen LogP contribution in [0, 0.1) is 0 Å². The van der Waals surface area contributed by atoms with Crippen LogP contribution in [0.1, 0.15) is 42.9 Å².